The maximum atomic E-state index is 14.6. The predicted molar refractivity (Wildman–Crippen MR) is 111 cm³/mol. The SMILES string of the molecule is CC(=O)OCC1O[C@H](Sc2cc(Cl)c(C#N)cc2F)C(OC(C)=O)[C@@H](N=[N+]=[N-])[C@H]1OC(C)=O. The van der Waals surface area contributed by atoms with Gasteiger partial charge in [-0.15, -0.1) is 0 Å². The lowest BCUT2D eigenvalue weighted by Crippen LogP contribution is -2.59. The highest BCUT2D eigenvalue weighted by molar-refractivity contribution is 7.99. The van der Waals surface area contributed by atoms with Crippen LogP contribution in [-0.2, 0) is 33.3 Å². The molecule has 2 unspecified atom stereocenters. The van der Waals surface area contributed by atoms with Gasteiger partial charge in [-0.2, -0.15) is 5.26 Å². The van der Waals surface area contributed by atoms with Crippen molar-refractivity contribution in [3.05, 3.63) is 39.0 Å². The van der Waals surface area contributed by atoms with Crippen LogP contribution in [0.25, 0.3) is 10.4 Å². The molecule has 5 atom stereocenters. The molecule has 176 valence electrons. The van der Waals surface area contributed by atoms with E-state index in [9.17, 15) is 18.8 Å². The first kappa shape index (κ1) is 26.2. The maximum absolute atomic E-state index is 14.6. The molecule has 0 spiro atoms. The Balaban J connectivity index is 2.51. The van der Waals surface area contributed by atoms with Gasteiger partial charge in [-0.3, -0.25) is 14.4 Å². The van der Waals surface area contributed by atoms with E-state index in [4.69, 9.17) is 41.3 Å². The smallest absolute Gasteiger partial charge is 0.303 e. The zero-order valence-electron chi connectivity index (χ0n) is 17.6. The number of nitrogens with zero attached hydrogens (tertiary/aromatic N) is 4. The second-order valence-electron chi connectivity index (χ2n) is 6.68. The van der Waals surface area contributed by atoms with Crippen LogP contribution in [0, 0.1) is 17.1 Å². The molecule has 1 fully saturated rings. The lowest BCUT2D eigenvalue weighted by atomic mass is 9.97. The van der Waals surface area contributed by atoms with Crippen molar-refractivity contribution in [1.82, 2.24) is 0 Å². The number of halogens is 2. The minimum absolute atomic E-state index is 0.0258. The number of esters is 3. The molecule has 1 heterocycles. The lowest BCUT2D eigenvalue weighted by molar-refractivity contribution is -0.201. The molecule has 1 aliphatic heterocycles. The van der Waals surface area contributed by atoms with Crippen LogP contribution in [0.3, 0.4) is 0 Å². The molecule has 0 N–H and O–H groups in total. The van der Waals surface area contributed by atoms with E-state index >= 15 is 0 Å². The highest BCUT2D eigenvalue weighted by Gasteiger charge is 2.50. The summed E-state index contributed by atoms with van der Waals surface area (Å²) in [6.07, 6.45) is -3.75. The van der Waals surface area contributed by atoms with Crippen molar-refractivity contribution in [2.45, 2.75) is 55.5 Å². The first-order valence-electron chi connectivity index (χ1n) is 9.30. The number of benzene rings is 1. The number of rotatable bonds is 7. The number of nitriles is 1. The summed E-state index contributed by atoms with van der Waals surface area (Å²) >= 11 is 6.73. The second-order valence-corrected chi connectivity index (χ2v) is 8.23. The van der Waals surface area contributed by atoms with Crippen LogP contribution in [0.2, 0.25) is 5.02 Å². The highest BCUT2D eigenvalue weighted by Crippen LogP contribution is 2.39. The molecule has 0 radical (unpaired) electrons. The molecule has 1 aliphatic rings. The van der Waals surface area contributed by atoms with Crippen molar-refractivity contribution in [3.8, 4) is 6.07 Å². The molecule has 0 aromatic heterocycles. The van der Waals surface area contributed by atoms with Gasteiger partial charge in [0.15, 0.2) is 0 Å². The molecular weight excluding hydrogens is 483 g/mol. The highest BCUT2D eigenvalue weighted by atomic mass is 35.5. The van der Waals surface area contributed by atoms with Gasteiger partial charge >= 0.3 is 17.9 Å². The number of hydrogen-bond acceptors (Lipinski definition) is 10. The lowest BCUT2D eigenvalue weighted by Gasteiger charge is -2.43. The van der Waals surface area contributed by atoms with E-state index < -0.39 is 60.1 Å². The van der Waals surface area contributed by atoms with Crippen LogP contribution in [0.4, 0.5) is 4.39 Å². The van der Waals surface area contributed by atoms with Gasteiger partial charge in [-0.1, -0.05) is 28.5 Å². The predicted octanol–water partition coefficient (Wildman–Crippen LogP) is 3.27. The Labute approximate surface area is 196 Å². The zero-order chi connectivity index (χ0) is 24.7. The summed E-state index contributed by atoms with van der Waals surface area (Å²) in [7, 11) is 0. The van der Waals surface area contributed by atoms with Gasteiger partial charge in [-0.25, -0.2) is 4.39 Å². The van der Waals surface area contributed by atoms with Gasteiger partial charge in [0.1, 0.15) is 48.3 Å². The minimum atomic E-state index is -1.32. The maximum Gasteiger partial charge on any atom is 0.303 e. The monoisotopic (exact) mass is 500 g/mol. The fourth-order valence-corrected chi connectivity index (χ4v) is 4.43. The molecule has 1 saturated heterocycles. The molecule has 1 aromatic carbocycles. The van der Waals surface area contributed by atoms with Crippen molar-refractivity contribution in [2.24, 2.45) is 5.11 Å². The largest absolute Gasteiger partial charge is 0.463 e. The Morgan fingerprint density at radius 1 is 1.24 bits per heavy atom. The van der Waals surface area contributed by atoms with Crippen LogP contribution in [0.15, 0.2) is 22.1 Å². The van der Waals surface area contributed by atoms with E-state index in [2.05, 4.69) is 10.0 Å². The molecule has 11 nitrogen and oxygen atoms in total. The van der Waals surface area contributed by atoms with E-state index in [-0.39, 0.29) is 15.5 Å². The third kappa shape index (κ3) is 6.97. The van der Waals surface area contributed by atoms with Gasteiger partial charge in [0.2, 0.25) is 0 Å². The Kier molecular flexibility index (Phi) is 9.31. The van der Waals surface area contributed by atoms with Crippen LogP contribution < -0.4 is 0 Å². The summed E-state index contributed by atoms with van der Waals surface area (Å²) in [5, 5.41) is 12.6. The number of azide groups is 1. The molecule has 0 saturated carbocycles. The molecule has 14 heteroatoms. The number of thioether (sulfide) groups is 1. The van der Waals surface area contributed by atoms with E-state index in [0.717, 1.165) is 38.6 Å². The topological polar surface area (TPSA) is 161 Å². The molecule has 33 heavy (non-hydrogen) atoms. The number of ether oxygens (including phenoxy) is 4. The summed E-state index contributed by atoms with van der Waals surface area (Å²) in [4.78, 5) is 37.4. The molecule has 0 bridgehead atoms. The van der Waals surface area contributed by atoms with E-state index in [0.29, 0.717) is 0 Å². The van der Waals surface area contributed by atoms with Crippen LogP contribution >= 0.6 is 23.4 Å². The van der Waals surface area contributed by atoms with E-state index in [1.807, 2.05) is 0 Å². The molecule has 0 aliphatic carbocycles. The van der Waals surface area contributed by atoms with Crippen molar-refractivity contribution in [3.63, 3.8) is 0 Å². The quantitative estimate of drug-likeness (QED) is 0.180. The summed E-state index contributed by atoms with van der Waals surface area (Å²) in [6.45, 7) is 2.95. The number of carbonyl (C=O) groups excluding carboxylic acids is 3. The van der Waals surface area contributed by atoms with Crippen molar-refractivity contribution in [2.75, 3.05) is 6.61 Å². The van der Waals surface area contributed by atoms with Crippen LogP contribution in [0.1, 0.15) is 26.3 Å². The third-order valence-corrected chi connectivity index (χ3v) is 5.73. The van der Waals surface area contributed by atoms with Gasteiger partial charge in [0, 0.05) is 30.6 Å². The van der Waals surface area contributed by atoms with Gasteiger partial charge in [0.25, 0.3) is 0 Å². The van der Waals surface area contributed by atoms with Crippen molar-refractivity contribution < 1.29 is 37.7 Å². The minimum Gasteiger partial charge on any atom is -0.463 e. The summed E-state index contributed by atoms with van der Waals surface area (Å²) in [6, 6.07) is 2.57. The van der Waals surface area contributed by atoms with Crippen molar-refractivity contribution >= 4 is 41.3 Å². The Morgan fingerprint density at radius 2 is 1.88 bits per heavy atom. The normalized spacial score (nSPS) is 24.1. The average Bonchev–Trinajstić information content (AvgIpc) is 2.72. The summed E-state index contributed by atoms with van der Waals surface area (Å²) in [5.41, 5.74) is 7.79. The summed E-state index contributed by atoms with van der Waals surface area (Å²) in [5.74, 6) is -2.99. The first-order chi connectivity index (χ1) is 15.6. The first-order valence-corrected chi connectivity index (χ1v) is 10.6. The second kappa shape index (κ2) is 11.7. The van der Waals surface area contributed by atoms with Crippen LogP contribution in [-0.4, -0.2) is 54.3 Å². The van der Waals surface area contributed by atoms with Crippen molar-refractivity contribution in [1.29, 1.82) is 5.26 Å². The zero-order valence-corrected chi connectivity index (χ0v) is 19.1. The van der Waals surface area contributed by atoms with Gasteiger partial charge < -0.3 is 18.9 Å². The average molecular weight is 501 g/mol. The Morgan fingerprint density at radius 3 is 2.42 bits per heavy atom. The molecule has 0 amide bonds. The van der Waals surface area contributed by atoms with Gasteiger partial charge in [0.05, 0.1) is 10.6 Å². The fraction of sp³-hybridized carbons (Fsp3) is 0.474. The third-order valence-electron chi connectivity index (χ3n) is 4.24. The Hall–Kier alpha value is -3.04. The molecular formula is C19H18ClFN4O7S. The fourth-order valence-electron chi connectivity index (χ4n) is 3.00. The Bertz CT molecular complexity index is 1030. The summed E-state index contributed by atoms with van der Waals surface area (Å²) < 4.78 is 35.9. The standard InChI is InChI=1S/C19H18ClFN4O7S/c1-8(26)29-7-14-17(30-9(2)27)16(24-25-23)18(31-10(3)28)19(32-14)33-15-5-12(20)11(6-22)4-13(15)21/h4-5,14,16-19H,7H2,1-3H3/t14?,16-,17-,18?,19+/m0/s1. The molecule has 1 aromatic rings. The van der Waals surface area contributed by atoms with Crippen LogP contribution in [0.5, 0.6) is 0 Å². The molecule has 2 rings (SSSR count). The van der Waals surface area contributed by atoms with E-state index in [1.54, 1.807) is 6.07 Å². The number of hydrogen-bond donors (Lipinski definition) is 0. The van der Waals surface area contributed by atoms with E-state index in [1.165, 1.54) is 6.07 Å². The number of carbonyl (C=O) groups is 3. The van der Waals surface area contributed by atoms with Gasteiger partial charge in [-0.05, 0) is 17.7 Å².